The second kappa shape index (κ2) is 8.40. The lowest BCUT2D eigenvalue weighted by Gasteiger charge is -2.20. The number of rotatable bonds is 6. The summed E-state index contributed by atoms with van der Waals surface area (Å²) in [6.45, 7) is 0.578. The minimum Gasteiger partial charge on any atom is -0.493 e. The lowest BCUT2D eigenvalue weighted by atomic mass is 9.92. The van der Waals surface area contributed by atoms with E-state index >= 15 is 0 Å². The molecule has 1 N–H and O–H groups in total. The first-order valence-electron chi connectivity index (χ1n) is 10.2. The Morgan fingerprint density at radius 1 is 1.18 bits per heavy atom. The van der Waals surface area contributed by atoms with Crippen molar-refractivity contribution < 1.29 is 29.1 Å². The van der Waals surface area contributed by atoms with Crippen LogP contribution < -0.4 is 14.4 Å². The Morgan fingerprint density at radius 2 is 2.03 bits per heavy atom. The topological polar surface area (TPSA) is 118 Å². The number of hydrogen-bond donors (Lipinski definition) is 1. The number of pyridine rings is 1. The van der Waals surface area contributed by atoms with E-state index in [0.29, 0.717) is 58.0 Å². The summed E-state index contributed by atoms with van der Waals surface area (Å²) < 4.78 is 12.3. The zero-order chi connectivity index (χ0) is 22.9. The summed E-state index contributed by atoms with van der Waals surface area (Å²) in [4.78, 5) is 31.7. The molecule has 0 saturated carbocycles. The number of nitrogens with zero attached hydrogens (tertiary/aromatic N) is 4. The molecule has 10 heteroatoms. The Morgan fingerprint density at radius 3 is 2.76 bits per heavy atom. The maximum absolute atomic E-state index is 12.6. The van der Waals surface area contributed by atoms with Crippen molar-refractivity contribution in [3.8, 4) is 28.4 Å². The second-order valence-corrected chi connectivity index (χ2v) is 7.41. The molecule has 0 amide bonds. The van der Waals surface area contributed by atoms with Crippen LogP contribution in [0.1, 0.15) is 21.6 Å². The molecule has 2 aromatic carbocycles. The molecule has 0 saturated heterocycles. The average Bonchev–Trinajstić information content (AvgIpc) is 3.34. The molecule has 0 fully saturated rings. The first kappa shape index (κ1) is 20.7. The van der Waals surface area contributed by atoms with Crippen LogP contribution >= 0.6 is 0 Å². The Bertz CT molecular complexity index is 1350. The predicted octanol–water partition coefficient (Wildman–Crippen LogP) is 3.12. The Balaban J connectivity index is 1.84. The van der Waals surface area contributed by atoms with Gasteiger partial charge in [-0.05, 0) is 29.8 Å². The van der Waals surface area contributed by atoms with Crippen molar-refractivity contribution in [2.75, 3.05) is 20.8 Å². The summed E-state index contributed by atoms with van der Waals surface area (Å²) in [5.41, 5.74) is 3.12. The quantitative estimate of drug-likeness (QED) is 0.444. The van der Waals surface area contributed by atoms with Crippen LogP contribution in [0.25, 0.3) is 22.0 Å². The summed E-state index contributed by atoms with van der Waals surface area (Å²) in [5, 5.41) is 15.0. The van der Waals surface area contributed by atoms with Gasteiger partial charge in [0.2, 0.25) is 0 Å². The van der Waals surface area contributed by atoms with Gasteiger partial charge in [-0.15, -0.1) is 0 Å². The van der Waals surface area contributed by atoms with Crippen molar-refractivity contribution in [3.63, 3.8) is 0 Å². The standard InChI is InChI=1S/C23H20N4O6/c1-30-18-4-3-14(8-20(18)31-2)21-15-9-19-13(5-6-32-33-19)7-16(15)26-17(22(21)23(28)29)10-27-12-24-11-25-27/h3-4,7-9,11-12H,5-6,10H2,1-2H3,(H,28,29). The normalized spacial score (nSPS) is 12.8. The molecule has 10 nitrogen and oxygen atoms in total. The molecule has 0 aliphatic carbocycles. The van der Waals surface area contributed by atoms with Gasteiger partial charge in [0.1, 0.15) is 12.7 Å². The maximum atomic E-state index is 12.6. The highest BCUT2D eigenvalue weighted by molar-refractivity contribution is 6.08. The molecule has 4 aromatic rings. The lowest BCUT2D eigenvalue weighted by Crippen LogP contribution is -2.14. The first-order chi connectivity index (χ1) is 16.1. The molecular weight excluding hydrogens is 428 g/mol. The summed E-state index contributed by atoms with van der Waals surface area (Å²) in [6, 6.07) is 8.96. The van der Waals surface area contributed by atoms with Crippen LogP contribution in [0, 0.1) is 0 Å². The number of benzene rings is 2. The van der Waals surface area contributed by atoms with Crippen LogP contribution in [-0.4, -0.2) is 51.7 Å². The largest absolute Gasteiger partial charge is 0.493 e. The molecule has 3 heterocycles. The van der Waals surface area contributed by atoms with Crippen LogP contribution in [0.5, 0.6) is 17.2 Å². The van der Waals surface area contributed by atoms with Crippen molar-refractivity contribution in [2.24, 2.45) is 0 Å². The van der Waals surface area contributed by atoms with E-state index in [0.717, 1.165) is 5.56 Å². The van der Waals surface area contributed by atoms with Gasteiger partial charge in [-0.2, -0.15) is 9.99 Å². The fourth-order valence-corrected chi connectivity index (χ4v) is 4.02. The van der Waals surface area contributed by atoms with Gasteiger partial charge in [0.05, 0.1) is 44.1 Å². The number of ether oxygens (including phenoxy) is 2. The third-order valence-corrected chi connectivity index (χ3v) is 5.51. The van der Waals surface area contributed by atoms with Gasteiger partial charge in [-0.1, -0.05) is 6.07 Å². The molecule has 33 heavy (non-hydrogen) atoms. The lowest BCUT2D eigenvalue weighted by molar-refractivity contribution is -0.215. The SMILES string of the molecule is COc1ccc(-c2c(C(=O)O)c(Cn3cncn3)nc3cc4c(cc23)OOCC4)cc1OC. The van der Waals surface area contributed by atoms with Gasteiger partial charge >= 0.3 is 5.97 Å². The Kier molecular flexibility index (Phi) is 5.27. The highest BCUT2D eigenvalue weighted by Crippen LogP contribution is 2.40. The second-order valence-electron chi connectivity index (χ2n) is 7.41. The predicted molar refractivity (Wildman–Crippen MR) is 117 cm³/mol. The summed E-state index contributed by atoms with van der Waals surface area (Å²) >= 11 is 0. The van der Waals surface area contributed by atoms with E-state index in [9.17, 15) is 9.90 Å². The van der Waals surface area contributed by atoms with Crippen LogP contribution in [0.3, 0.4) is 0 Å². The summed E-state index contributed by atoms with van der Waals surface area (Å²) in [5.74, 6) is 0.442. The van der Waals surface area contributed by atoms with Crippen LogP contribution in [0.4, 0.5) is 0 Å². The third-order valence-electron chi connectivity index (χ3n) is 5.51. The number of methoxy groups -OCH3 is 2. The third kappa shape index (κ3) is 3.70. The fourth-order valence-electron chi connectivity index (χ4n) is 4.02. The Hall–Kier alpha value is -4.18. The van der Waals surface area contributed by atoms with Crippen molar-refractivity contribution in [1.29, 1.82) is 0 Å². The van der Waals surface area contributed by atoms with E-state index in [1.54, 1.807) is 31.4 Å². The minimum absolute atomic E-state index is 0.0573. The molecule has 1 aliphatic rings. The Labute approximate surface area is 188 Å². The fraction of sp³-hybridized carbons (Fsp3) is 0.217. The first-order valence-corrected chi connectivity index (χ1v) is 10.2. The summed E-state index contributed by atoms with van der Waals surface area (Å²) in [7, 11) is 3.07. The minimum atomic E-state index is -1.11. The molecule has 2 aromatic heterocycles. The maximum Gasteiger partial charge on any atom is 0.338 e. The highest BCUT2D eigenvalue weighted by Gasteiger charge is 2.25. The van der Waals surface area contributed by atoms with Gasteiger partial charge < -0.3 is 19.5 Å². The number of aromatic nitrogens is 4. The zero-order valence-corrected chi connectivity index (χ0v) is 17.9. The van der Waals surface area contributed by atoms with Gasteiger partial charge in [0, 0.05) is 22.9 Å². The average molecular weight is 448 g/mol. The molecule has 5 rings (SSSR count). The molecule has 0 spiro atoms. The number of fused-ring (bicyclic) bond motifs is 2. The van der Waals surface area contributed by atoms with Crippen LogP contribution in [0.15, 0.2) is 43.0 Å². The van der Waals surface area contributed by atoms with Gasteiger partial charge in [-0.3, -0.25) is 0 Å². The van der Waals surface area contributed by atoms with Crippen molar-refractivity contribution in [1.82, 2.24) is 19.7 Å². The monoisotopic (exact) mass is 448 g/mol. The van der Waals surface area contributed by atoms with Crippen LogP contribution in [0.2, 0.25) is 0 Å². The van der Waals surface area contributed by atoms with E-state index in [1.165, 1.54) is 24.4 Å². The van der Waals surface area contributed by atoms with E-state index in [1.807, 2.05) is 6.07 Å². The number of aromatic carboxylic acids is 1. The number of carboxylic acid groups (broad SMARTS) is 1. The van der Waals surface area contributed by atoms with E-state index in [4.69, 9.17) is 24.2 Å². The van der Waals surface area contributed by atoms with Gasteiger partial charge in [-0.25, -0.2) is 19.4 Å². The van der Waals surface area contributed by atoms with Gasteiger partial charge in [0.15, 0.2) is 17.2 Å². The smallest absolute Gasteiger partial charge is 0.338 e. The summed E-state index contributed by atoms with van der Waals surface area (Å²) in [6.07, 6.45) is 3.58. The van der Waals surface area contributed by atoms with E-state index in [2.05, 4.69) is 10.1 Å². The highest BCUT2D eigenvalue weighted by atomic mass is 17.2. The van der Waals surface area contributed by atoms with E-state index < -0.39 is 5.97 Å². The van der Waals surface area contributed by atoms with Crippen molar-refractivity contribution in [2.45, 2.75) is 13.0 Å². The number of carboxylic acids is 1. The molecule has 1 aliphatic heterocycles. The number of carbonyl (C=O) groups is 1. The molecule has 0 atom stereocenters. The van der Waals surface area contributed by atoms with Gasteiger partial charge in [0.25, 0.3) is 0 Å². The zero-order valence-electron chi connectivity index (χ0n) is 17.9. The molecule has 0 radical (unpaired) electrons. The van der Waals surface area contributed by atoms with Crippen molar-refractivity contribution >= 4 is 16.9 Å². The number of hydrogen-bond acceptors (Lipinski definition) is 8. The molecule has 0 bridgehead atoms. The molecule has 168 valence electrons. The van der Waals surface area contributed by atoms with E-state index in [-0.39, 0.29) is 12.1 Å². The molecule has 0 unspecified atom stereocenters. The molecular formula is C23H20N4O6. The van der Waals surface area contributed by atoms with Crippen molar-refractivity contribution in [3.05, 3.63) is 59.8 Å². The van der Waals surface area contributed by atoms with Crippen LogP contribution in [-0.2, 0) is 17.9 Å².